The van der Waals surface area contributed by atoms with Crippen molar-refractivity contribution in [3.05, 3.63) is 12.2 Å². The second-order valence-electron chi connectivity index (χ2n) is 3.25. The fourth-order valence-corrected chi connectivity index (χ4v) is 0.954. The Morgan fingerprint density at radius 2 is 2.09 bits per heavy atom. The quantitative estimate of drug-likeness (QED) is 0.556. The Bertz CT molecular complexity index is 134. The van der Waals surface area contributed by atoms with Crippen LogP contribution in [-0.4, -0.2) is 5.78 Å². The minimum atomic E-state index is 0.258. The molecule has 0 aromatic heterocycles. The molecule has 0 bridgehead atoms. The highest BCUT2D eigenvalue weighted by Crippen LogP contribution is 2.06. The maximum Gasteiger partial charge on any atom is 0.155 e. The first kappa shape index (κ1) is 10.4. The molecule has 0 unspecified atom stereocenters. The Kier molecular flexibility index (Phi) is 5.81. The third kappa shape index (κ3) is 7.31. The smallest absolute Gasteiger partial charge is 0.155 e. The predicted octanol–water partition coefficient (Wildman–Crippen LogP) is 2.96. The van der Waals surface area contributed by atoms with Gasteiger partial charge in [0.1, 0.15) is 0 Å². The summed E-state index contributed by atoms with van der Waals surface area (Å²) < 4.78 is 0. The largest absolute Gasteiger partial charge is 0.295 e. The number of hydrogen-bond donors (Lipinski definition) is 0. The van der Waals surface area contributed by atoms with Crippen molar-refractivity contribution in [3.63, 3.8) is 0 Å². The van der Waals surface area contributed by atoms with Crippen molar-refractivity contribution in [1.29, 1.82) is 0 Å². The zero-order valence-electron chi connectivity index (χ0n) is 7.76. The number of ketones is 1. The second kappa shape index (κ2) is 6.14. The molecule has 0 amide bonds. The van der Waals surface area contributed by atoms with Gasteiger partial charge in [-0.25, -0.2) is 0 Å². The summed E-state index contributed by atoms with van der Waals surface area (Å²) in [5.41, 5.74) is 0. The highest BCUT2D eigenvalue weighted by Gasteiger charge is 1.97. The third-order valence-electron chi connectivity index (χ3n) is 1.56. The fourth-order valence-electron chi connectivity index (χ4n) is 0.954. The van der Waals surface area contributed by atoms with E-state index in [-0.39, 0.29) is 5.78 Å². The molecule has 0 N–H and O–H groups in total. The van der Waals surface area contributed by atoms with Gasteiger partial charge >= 0.3 is 0 Å². The molecule has 0 aromatic carbocycles. The van der Waals surface area contributed by atoms with Crippen molar-refractivity contribution in [2.24, 2.45) is 5.92 Å². The Balaban J connectivity index is 3.32. The van der Waals surface area contributed by atoms with E-state index in [0.717, 1.165) is 12.8 Å². The van der Waals surface area contributed by atoms with Crippen molar-refractivity contribution in [2.75, 3.05) is 0 Å². The molecule has 0 radical (unpaired) electrons. The van der Waals surface area contributed by atoms with Crippen molar-refractivity contribution in [3.8, 4) is 0 Å². The summed E-state index contributed by atoms with van der Waals surface area (Å²) in [5, 5.41) is 0. The molecule has 0 fully saturated rings. The summed E-state index contributed by atoms with van der Waals surface area (Å²) in [6, 6.07) is 0. The summed E-state index contributed by atoms with van der Waals surface area (Å²) in [4.78, 5) is 10.9. The Morgan fingerprint density at radius 3 is 2.55 bits per heavy atom. The number of rotatable bonds is 5. The summed E-state index contributed by atoms with van der Waals surface area (Å²) in [7, 11) is 0. The Morgan fingerprint density at radius 1 is 1.45 bits per heavy atom. The van der Waals surface area contributed by atoms with Gasteiger partial charge in [0.05, 0.1) is 0 Å². The number of carbonyl (C=O) groups is 1. The third-order valence-corrected chi connectivity index (χ3v) is 1.56. The number of carbonyl (C=O) groups excluding carboxylic acids is 1. The van der Waals surface area contributed by atoms with E-state index in [1.54, 1.807) is 12.2 Å². The van der Waals surface area contributed by atoms with Crippen molar-refractivity contribution in [2.45, 2.75) is 40.0 Å². The first-order valence-corrected chi connectivity index (χ1v) is 4.32. The molecule has 1 nitrogen and oxygen atoms in total. The van der Waals surface area contributed by atoms with E-state index >= 15 is 0 Å². The maximum atomic E-state index is 10.9. The SMILES string of the molecule is C/C=C/C(=O)CCCC(C)C. The molecule has 0 aromatic rings. The van der Waals surface area contributed by atoms with E-state index in [4.69, 9.17) is 0 Å². The lowest BCUT2D eigenvalue weighted by molar-refractivity contribution is -0.114. The lowest BCUT2D eigenvalue weighted by Gasteiger charge is -2.00. The molecule has 64 valence electrons. The highest BCUT2D eigenvalue weighted by molar-refractivity contribution is 5.89. The molecular weight excluding hydrogens is 136 g/mol. The molecule has 0 spiro atoms. The molecule has 0 saturated carbocycles. The van der Waals surface area contributed by atoms with Gasteiger partial charge in [-0.2, -0.15) is 0 Å². The van der Waals surface area contributed by atoms with E-state index in [1.165, 1.54) is 0 Å². The summed E-state index contributed by atoms with van der Waals surface area (Å²) in [5.74, 6) is 0.974. The molecule has 1 heteroatoms. The van der Waals surface area contributed by atoms with Gasteiger partial charge in [-0.1, -0.05) is 26.3 Å². The average molecular weight is 154 g/mol. The maximum absolute atomic E-state index is 10.9. The molecule has 0 aliphatic rings. The summed E-state index contributed by atoms with van der Waals surface area (Å²) in [6.07, 6.45) is 6.35. The van der Waals surface area contributed by atoms with Crippen LogP contribution in [0.3, 0.4) is 0 Å². The molecule has 0 atom stereocenters. The van der Waals surface area contributed by atoms with E-state index in [0.29, 0.717) is 12.3 Å². The van der Waals surface area contributed by atoms with Gasteiger partial charge < -0.3 is 0 Å². The van der Waals surface area contributed by atoms with Crippen LogP contribution >= 0.6 is 0 Å². The van der Waals surface area contributed by atoms with Gasteiger partial charge in [0.25, 0.3) is 0 Å². The predicted molar refractivity (Wildman–Crippen MR) is 48.5 cm³/mol. The lowest BCUT2D eigenvalue weighted by atomic mass is 10.0. The van der Waals surface area contributed by atoms with Crippen molar-refractivity contribution < 1.29 is 4.79 Å². The molecule has 0 heterocycles. The number of allylic oxidation sites excluding steroid dienone is 2. The van der Waals surface area contributed by atoms with Crippen LogP contribution in [0, 0.1) is 5.92 Å². The van der Waals surface area contributed by atoms with Gasteiger partial charge in [-0.15, -0.1) is 0 Å². The van der Waals surface area contributed by atoms with Gasteiger partial charge in [-0.05, 0) is 25.3 Å². The van der Waals surface area contributed by atoms with Crippen molar-refractivity contribution in [1.82, 2.24) is 0 Å². The minimum absolute atomic E-state index is 0.258. The lowest BCUT2D eigenvalue weighted by Crippen LogP contribution is -1.94. The van der Waals surface area contributed by atoms with Crippen LogP contribution in [0.15, 0.2) is 12.2 Å². The van der Waals surface area contributed by atoms with Crippen LogP contribution in [0.4, 0.5) is 0 Å². The van der Waals surface area contributed by atoms with Gasteiger partial charge in [0.15, 0.2) is 5.78 Å². The van der Waals surface area contributed by atoms with Gasteiger partial charge in [-0.3, -0.25) is 4.79 Å². The minimum Gasteiger partial charge on any atom is -0.295 e. The standard InChI is InChI=1S/C10H18O/c1-4-6-10(11)8-5-7-9(2)3/h4,6,9H,5,7-8H2,1-3H3/b6-4+. The first-order valence-electron chi connectivity index (χ1n) is 4.32. The van der Waals surface area contributed by atoms with Crippen molar-refractivity contribution >= 4 is 5.78 Å². The van der Waals surface area contributed by atoms with Crippen LogP contribution in [0.5, 0.6) is 0 Å². The highest BCUT2D eigenvalue weighted by atomic mass is 16.1. The van der Waals surface area contributed by atoms with Gasteiger partial charge in [0, 0.05) is 6.42 Å². The zero-order chi connectivity index (χ0) is 8.69. The molecule has 0 aliphatic carbocycles. The molecule has 11 heavy (non-hydrogen) atoms. The second-order valence-corrected chi connectivity index (χ2v) is 3.25. The first-order chi connectivity index (χ1) is 5.16. The Labute approximate surface area is 69.5 Å². The van der Waals surface area contributed by atoms with Crippen LogP contribution < -0.4 is 0 Å². The topological polar surface area (TPSA) is 17.1 Å². The van der Waals surface area contributed by atoms with Crippen LogP contribution in [0.2, 0.25) is 0 Å². The molecule has 0 aliphatic heterocycles. The van der Waals surface area contributed by atoms with E-state index < -0.39 is 0 Å². The summed E-state index contributed by atoms with van der Waals surface area (Å²) in [6.45, 7) is 6.24. The normalized spacial score (nSPS) is 11.3. The monoisotopic (exact) mass is 154 g/mol. The van der Waals surface area contributed by atoms with Gasteiger partial charge in [0.2, 0.25) is 0 Å². The summed E-state index contributed by atoms with van der Waals surface area (Å²) >= 11 is 0. The van der Waals surface area contributed by atoms with E-state index in [1.807, 2.05) is 6.92 Å². The molecule has 0 rings (SSSR count). The average Bonchev–Trinajstić information content (AvgIpc) is 1.87. The number of hydrogen-bond acceptors (Lipinski definition) is 1. The zero-order valence-corrected chi connectivity index (χ0v) is 7.76. The van der Waals surface area contributed by atoms with E-state index in [9.17, 15) is 4.79 Å². The molecule has 0 saturated heterocycles. The van der Waals surface area contributed by atoms with Crippen LogP contribution in [0.25, 0.3) is 0 Å². The van der Waals surface area contributed by atoms with Crippen LogP contribution in [-0.2, 0) is 4.79 Å². The fraction of sp³-hybridized carbons (Fsp3) is 0.700. The molecular formula is C10H18O. The Hall–Kier alpha value is -0.590. The van der Waals surface area contributed by atoms with E-state index in [2.05, 4.69) is 13.8 Å². The van der Waals surface area contributed by atoms with Crippen LogP contribution in [0.1, 0.15) is 40.0 Å².